The third-order valence-corrected chi connectivity index (χ3v) is 4.65. The van der Waals surface area contributed by atoms with Crippen molar-refractivity contribution in [3.05, 3.63) is 40.2 Å². The minimum Gasteiger partial charge on any atom is -0.266 e. The molecule has 0 saturated carbocycles. The molecule has 0 spiro atoms. The summed E-state index contributed by atoms with van der Waals surface area (Å²) in [6.45, 7) is 20.1. The van der Waals surface area contributed by atoms with Gasteiger partial charge in [0.1, 0.15) is 0 Å². The van der Waals surface area contributed by atoms with E-state index < -0.39 is 0 Å². The van der Waals surface area contributed by atoms with E-state index >= 15 is 0 Å². The molecule has 0 aliphatic rings. The van der Waals surface area contributed by atoms with Gasteiger partial charge in [0.05, 0.1) is 5.69 Å². The molecule has 2 nitrogen and oxygen atoms in total. The second kappa shape index (κ2) is 7.98. The maximum Gasteiger partial charge on any atom is 0.0675 e. The Bertz CT molecular complexity index is 680. The van der Waals surface area contributed by atoms with Gasteiger partial charge in [-0.05, 0) is 63.1 Å². The largest absolute Gasteiger partial charge is 0.266 e. The van der Waals surface area contributed by atoms with Crippen molar-refractivity contribution >= 4 is 0 Å². The monoisotopic (exact) mass is 418 g/mol. The maximum atomic E-state index is 4.83. The Balaban J connectivity index is 0.00000288. The molecular formula is C21H32N2Pd. The van der Waals surface area contributed by atoms with Gasteiger partial charge in [-0.25, -0.2) is 0 Å². The summed E-state index contributed by atoms with van der Waals surface area (Å²) in [5, 5.41) is 4.83. The van der Waals surface area contributed by atoms with Crippen molar-refractivity contribution in [2.75, 3.05) is 0 Å². The van der Waals surface area contributed by atoms with Crippen LogP contribution in [-0.4, -0.2) is 9.78 Å². The fourth-order valence-electron chi connectivity index (χ4n) is 3.57. The Morgan fingerprint density at radius 1 is 0.792 bits per heavy atom. The fraction of sp³-hybridized carbons (Fsp3) is 0.571. The molecule has 24 heavy (non-hydrogen) atoms. The Labute approximate surface area is 161 Å². The predicted octanol–water partition coefficient (Wildman–Crippen LogP) is 6.30. The van der Waals surface area contributed by atoms with Crippen molar-refractivity contribution in [2.45, 2.75) is 80.2 Å². The zero-order valence-corrected chi connectivity index (χ0v) is 18.2. The van der Waals surface area contributed by atoms with Crippen molar-refractivity contribution in [1.82, 2.24) is 9.78 Å². The fourth-order valence-corrected chi connectivity index (χ4v) is 3.57. The molecular weight excluding hydrogens is 387 g/mol. The summed E-state index contributed by atoms with van der Waals surface area (Å²) in [4.78, 5) is 0. The van der Waals surface area contributed by atoms with E-state index in [0.29, 0.717) is 17.9 Å². The van der Waals surface area contributed by atoms with Crippen LogP contribution in [0.4, 0.5) is 0 Å². The average molecular weight is 419 g/mol. The quantitative estimate of drug-likeness (QED) is 0.532. The molecule has 0 unspecified atom stereocenters. The molecule has 0 aliphatic heterocycles. The molecule has 136 valence electrons. The van der Waals surface area contributed by atoms with E-state index in [-0.39, 0.29) is 20.4 Å². The Kier molecular flexibility index (Phi) is 7.03. The summed E-state index contributed by atoms with van der Waals surface area (Å²) in [7, 11) is 0. The summed E-state index contributed by atoms with van der Waals surface area (Å²) in [5.41, 5.74) is 9.43. The average Bonchev–Trinajstić information content (AvgIpc) is 2.73. The number of hydrogen-bond donors (Lipinski definition) is 0. The van der Waals surface area contributed by atoms with Gasteiger partial charge >= 0.3 is 0 Å². The molecule has 0 amide bonds. The van der Waals surface area contributed by atoms with Crippen LogP contribution in [0.2, 0.25) is 0 Å². The molecule has 0 aliphatic carbocycles. The van der Waals surface area contributed by atoms with Gasteiger partial charge in [0.2, 0.25) is 0 Å². The number of benzene rings is 1. The Hall–Kier alpha value is -0.908. The van der Waals surface area contributed by atoms with Crippen molar-refractivity contribution < 1.29 is 20.4 Å². The second-order valence-corrected chi connectivity index (χ2v) is 7.71. The van der Waals surface area contributed by atoms with Gasteiger partial charge < -0.3 is 0 Å². The molecule has 2 aromatic rings. The van der Waals surface area contributed by atoms with Crippen LogP contribution in [0.1, 0.15) is 87.5 Å². The van der Waals surface area contributed by atoms with Crippen LogP contribution >= 0.6 is 0 Å². The molecule has 1 heterocycles. The van der Waals surface area contributed by atoms with Crippen molar-refractivity contribution in [1.29, 1.82) is 0 Å². The van der Waals surface area contributed by atoms with E-state index in [9.17, 15) is 0 Å². The molecule has 1 aromatic heterocycles. The molecule has 0 saturated heterocycles. The summed E-state index contributed by atoms with van der Waals surface area (Å²) >= 11 is 0. The van der Waals surface area contributed by atoms with Gasteiger partial charge in [0, 0.05) is 37.7 Å². The predicted molar refractivity (Wildman–Crippen MR) is 100 cm³/mol. The maximum absolute atomic E-state index is 4.83. The summed E-state index contributed by atoms with van der Waals surface area (Å²) in [5.74, 6) is 1.01. The first-order chi connectivity index (χ1) is 10.6. The van der Waals surface area contributed by atoms with Crippen LogP contribution in [0.3, 0.4) is 0 Å². The molecule has 0 bridgehead atoms. The number of rotatable bonds is 4. The van der Waals surface area contributed by atoms with Crippen LogP contribution in [0, 0.1) is 20.8 Å². The molecule has 0 N–H and O–H groups in total. The van der Waals surface area contributed by atoms with E-state index in [1.165, 1.54) is 33.5 Å². The van der Waals surface area contributed by atoms with E-state index in [1.807, 2.05) is 0 Å². The van der Waals surface area contributed by atoms with Gasteiger partial charge in [-0.15, -0.1) is 0 Å². The van der Waals surface area contributed by atoms with Gasteiger partial charge in [0.15, 0.2) is 0 Å². The Morgan fingerprint density at radius 2 is 1.25 bits per heavy atom. The van der Waals surface area contributed by atoms with Crippen molar-refractivity contribution in [3.63, 3.8) is 0 Å². The van der Waals surface area contributed by atoms with Crippen LogP contribution in [0.15, 0.2) is 12.1 Å². The number of aryl methyl sites for hydroxylation is 2. The zero-order valence-electron chi connectivity index (χ0n) is 16.6. The normalized spacial score (nSPS) is 11.5. The van der Waals surface area contributed by atoms with Gasteiger partial charge in [0.25, 0.3) is 0 Å². The molecule has 0 radical (unpaired) electrons. The van der Waals surface area contributed by atoms with E-state index in [0.717, 1.165) is 5.69 Å². The first kappa shape index (κ1) is 21.1. The van der Waals surface area contributed by atoms with Gasteiger partial charge in [-0.1, -0.05) is 45.4 Å². The van der Waals surface area contributed by atoms with Gasteiger partial charge in [-0.2, -0.15) is 5.10 Å². The standard InChI is InChI=1S/C21H32N2.Pd/c1-12(2)18-10-15(7)11-19(13(3)4)21(18)20-16(8)22-23(14(5)6)17(20)9;/h10-14H,1-9H3;. The molecule has 3 heteroatoms. The van der Waals surface area contributed by atoms with Crippen molar-refractivity contribution in [3.8, 4) is 11.1 Å². The number of aromatic nitrogens is 2. The molecule has 0 atom stereocenters. The molecule has 2 rings (SSSR count). The smallest absolute Gasteiger partial charge is 0.0675 e. The first-order valence-corrected chi connectivity index (χ1v) is 8.85. The van der Waals surface area contributed by atoms with E-state index in [1.54, 1.807) is 0 Å². The summed E-state index contributed by atoms with van der Waals surface area (Å²) < 4.78 is 2.17. The second-order valence-electron chi connectivity index (χ2n) is 7.71. The van der Waals surface area contributed by atoms with Crippen LogP contribution in [0.25, 0.3) is 11.1 Å². The zero-order chi connectivity index (χ0) is 17.5. The SMILES string of the molecule is Cc1cc(C(C)C)c(-c2c(C)nn(C(C)C)c2C)c(C(C)C)c1.[Pd]. The summed E-state index contributed by atoms with van der Waals surface area (Å²) in [6, 6.07) is 5.10. The molecule has 0 fully saturated rings. The minimum absolute atomic E-state index is 0. The van der Waals surface area contributed by atoms with Crippen LogP contribution in [0.5, 0.6) is 0 Å². The van der Waals surface area contributed by atoms with Crippen LogP contribution < -0.4 is 0 Å². The third kappa shape index (κ3) is 3.84. The van der Waals surface area contributed by atoms with Gasteiger partial charge in [-0.3, -0.25) is 4.68 Å². The first-order valence-electron chi connectivity index (χ1n) is 8.85. The number of hydrogen-bond acceptors (Lipinski definition) is 1. The van der Waals surface area contributed by atoms with E-state index in [4.69, 9.17) is 5.10 Å². The van der Waals surface area contributed by atoms with Crippen molar-refractivity contribution in [2.24, 2.45) is 0 Å². The molecule has 1 aromatic carbocycles. The third-order valence-electron chi connectivity index (χ3n) is 4.65. The minimum atomic E-state index is 0. The Morgan fingerprint density at radius 3 is 1.58 bits per heavy atom. The van der Waals surface area contributed by atoms with E-state index in [2.05, 4.69) is 79.1 Å². The number of nitrogens with zero attached hydrogens (tertiary/aromatic N) is 2. The topological polar surface area (TPSA) is 17.8 Å². The van der Waals surface area contributed by atoms with Crippen LogP contribution in [-0.2, 0) is 20.4 Å². The summed E-state index contributed by atoms with van der Waals surface area (Å²) in [6.07, 6.45) is 0.